The Balaban J connectivity index is 2.14. The number of methoxy groups -OCH3 is 4. The summed E-state index contributed by atoms with van der Waals surface area (Å²) in [5, 5.41) is 5.36. The Morgan fingerprint density at radius 3 is 1.54 bits per heavy atom. The van der Waals surface area contributed by atoms with Crippen molar-refractivity contribution in [1.82, 2.24) is 10.6 Å². The molecule has 0 bridgehead atoms. The van der Waals surface area contributed by atoms with Crippen LogP contribution in [0.1, 0.15) is 20.7 Å². The molecule has 2 N–H and O–H groups in total. The zero-order chi connectivity index (χ0) is 27.5. The normalized spacial score (nSPS) is 12.1. The molecule has 0 heterocycles. The largest absolute Gasteiger partial charge is 0.496 e. The summed E-state index contributed by atoms with van der Waals surface area (Å²) in [5.41, 5.74) is 0.109. The smallest absolute Gasteiger partial charge is 0.329 e. The third-order valence-electron chi connectivity index (χ3n) is 5.00. The fourth-order valence-corrected chi connectivity index (χ4v) is 4.79. The Labute approximate surface area is 228 Å². The molecule has 0 saturated carbocycles. The van der Waals surface area contributed by atoms with Gasteiger partial charge in [-0.2, -0.15) is 11.8 Å². The third kappa shape index (κ3) is 7.91. The second-order valence-electron chi connectivity index (χ2n) is 7.27. The second kappa shape index (κ2) is 14.6. The van der Waals surface area contributed by atoms with E-state index in [1.807, 2.05) is 0 Å². The molecule has 0 spiro atoms. The molecule has 2 amide bonds. The highest BCUT2D eigenvalue weighted by atomic mass is 35.5. The van der Waals surface area contributed by atoms with E-state index in [9.17, 15) is 19.2 Å². The van der Waals surface area contributed by atoms with Crippen LogP contribution in [-0.2, 0) is 19.1 Å². The number of halogens is 2. The summed E-state index contributed by atoms with van der Waals surface area (Å²) in [6.07, 6.45) is 0. The van der Waals surface area contributed by atoms with Gasteiger partial charge in [-0.3, -0.25) is 9.59 Å². The molecule has 0 unspecified atom stereocenters. The Morgan fingerprint density at radius 1 is 0.730 bits per heavy atom. The lowest BCUT2D eigenvalue weighted by Gasteiger charge is -2.20. The van der Waals surface area contributed by atoms with E-state index in [0.717, 1.165) is 11.8 Å². The standard InChI is InChI=1S/C24H26Cl2N2O8S/c1-33-17-9-6-10-18(34-2)20(17)22(30)28-16(24(32)36-4)12-37-11-15(23(31)35-3)27-21(29)19-13(25)7-5-8-14(19)26/h5-10,15-16H,11-12H2,1-4H3,(H,27,29)(H,28,30)/t15-,16-/m0/s1. The van der Waals surface area contributed by atoms with Crippen LogP contribution >= 0.6 is 35.0 Å². The van der Waals surface area contributed by atoms with Crippen LogP contribution < -0.4 is 20.1 Å². The van der Waals surface area contributed by atoms with Crippen LogP contribution in [0.3, 0.4) is 0 Å². The van der Waals surface area contributed by atoms with Crippen molar-refractivity contribution in [2.24, 2.45) is 0 Å². The molecular formula is C24H26Cl2N2O8S. The van der Waals surface area contributed by atoms with E-state index >= 15 is 0 Å². The molecule has 0 radical (unpaired) electrons. The Hall–Kier alpha value is -3.15. The summed E-state index contributed by atoms with van der Waals surface area (Å²) in [6.45, 7) is 0. The fraction of sp³-hybridized carbons (Fsp3) is 0.333. The van der Waals surface area contributed by atoms with E-state index in [4.69, 9.17) is 42.1 Å². The van der Waals surface area contributed by atoms with Crippen molar-refractivity contribution in [3.8, 4) is 11.5 Å². The van der Waals surface area contributed by atoms with Crippen LogP contribution in [0.25, 0.3) is 0 Å². The predicted octanol–water partition coefficient (Wildman–Crippen LogP) is 2.99. The summed E-state index contributed by atoms with van der Waals surface area (Å²) in [6, 6.07) is 7.18. The number of carbonyl (C=O) groups is 4. The van der Waals surface area contributed by atoms with Crippen LogP contribution in [0, 0.1) is 0 Å². The van der Waals surface area contributed by atoms with E-state index in [0.29, 0.717) is 0 Å². The lowest BCUT2D eigenvalue weighted by atomic mass is 10.1. The highest BCUT2D eigenvalue weighted by Crippen LogP contribution is 2.28. The van der Waals surface area contributed by atoms with E-state index in [1.54, 1.807) is 24.3 Å². The summed E-state index contributed by atoms with van der Waals surface area (Å²) < 4.78 is 20.1. The average molecular weight is 573 g/mol. The van der Waals surface area contributed by atoms with Crippen molar-refractivity contribution in [1.29, 1.82) is 0 Å². The minimum atomic E-state index is -1.10. The van der Waals surface area contributed by atoms with Gasteiger partial charge >= 0.3 is 11.9 Å². The maximum atomic E-state index is 13.0. The number of benzene rings is 2. The zero-order valence-corrected chi connectivity index (χ0v) is 22.8. The first-order chi connectivity index (χ1) is 17.7. The van der Waals surface area contributed by atoms with Crippen LogP contribution in [0.4, 0.5) is 0 Å². The molecule has 10 nitrogen and oxygen atoms in total. The van der Waals surface area contributed by atoms with Crippen LogP contribution in [0.2, 0.25) is 10.0 Å². The third-order valence-corrected chi connectivity index (χ3v) is 6.76. The number of rotatable bonds is 12. The number of carbonyl (C=O) groups excluding carboxylic acids is 4. The van der Waals surface area contributed by atoms with Gasteiger partial charge in [0.2, 0.25) is 0 Å². The first-order valence-electron chi connectivity index (χ1n) is 10.7. The second-order valence-corrected chi connectivity index (χ2v) is 9.16. The SMILES string of the molecule is COC(=O)[C@H](CSC[C@H](NC(=O)c1c(OC)cccc1OC)C(=O)OC)NC(=O)c1c(Cl)cccc1Cl. The Morgan fingerprint density at radius 2 is 1.14 bits per heavy atom. The first kappa shape index (κ1) is 30.1. The maximum Gasteiger partial charge on any atom is 0.329 e. The highest BCUT2D eigenvalue weighted by Gasteiger charge is 2.28. The van der Waals surface area contributed by atoms with Crippen molar-refractivity contribution in [3.05, 3.63) is 57.6 Å². The molecule has 13 heteroatoms. The number of ether oxygens (including phenoxy) is 4. The average Bonchev–Trinajstić information content (AvgIpc) is 2.90. The number of hydrogen-bond donors (Lipinski definition) is 2. The lowest BCUT2D eigenvalue weighted by molar-refractivity contribution is -0.142. The minimum Gasteiger partial charge on any atom is -0.496 e. The summed E-state index contributed by atoms with van der Waals surface area (Å²) in [7, 11) is 5.15. The van der Waals surface area contributed by atoms with E-state index in [1.165, 1.54) is 40.6 Å². The molecule has 0 fully saturated rings. The van der Waals surface area contributed by atoms with Gasteiger partial charge in [0.15, 0.2) is 0 Å². The maximum absolute atomic E-state index is 13.0. The topological polar surface area (TPSA) is 129 Å². The number of amides is 2. The molecule has 0 aliphatic heterocycles. The van der Waals surface area contributed by atoms with Crippen molar-refractivity contribution < 1.29 is 38.1 Å². The molecular weight excluding hydrogens is 547 g/mol. The zero-order valence-electron chi connectivity index (χ0n) is 20.5. The van der Waals surface area contributed by atoms with E-state index in [-0.39, 0.29) is 44.2 Å². The molecule has 0 aliphatic carbocycles. The van der Waals surface area contributed by atoms with Crippen molar-refractivity contribution >= 4 is 58.7 Å². The number of thioether (sulfide) groups is 1. The summed E-state index contributed by atoms with van der Waals surface area (Å²) >= 11 is 13.3. The van der Waals surface area contributed by atoms with E-state index in [2.05, 4.69) is 10.6 Å². The van der Waals surface area contributed by atoms with Crippen LogP contribution in [-0.4, -0.2) is 75.8 Å². The summed E-state index contributed by atoms with van der Waals surface area (Å²) in [5.74, 6) is -2.23. The van der Waals surface area contributed by atoms with Gasteiger partial charge in [-0.05, 0) is 24.3 Å². The number of nitrogens with one attached hydrogen (secondary N) is 2. The Kier molecular flexibility index (Phi) is 11.8. The molecule has 0 saturated heterocycles. The van der Waals surface area contributed by atoms with E-state index < -0.39 is 35.8 Å². The van der Waals surface area contributed by atoms with Crippen molar-refractivity contribution in [2.45, 2.75) is 12.1 Å². The van der Waals surface area contributed by atoms with Gasteiger partial charge in [0, 0.05) is 11.5 Å². The number of esters is 2. The van der Waals surface area contributed by atoms with Gasteiger partial charge in [-0.15, -0.1) is 0 Å². The molecule has 2 rings (SSSR count). The predicted molar refractivity (Wildman–Crippen MR) is 140 cm³/mol. The molecule has 0 aromatic heterocycles. The van der Waals surface area contributed by atoms with Gasteiger partial charge in [0.25, 0.3) is 11.8 Å². The Bertz CT molecular complexity index is 1110. The van der Waals surface area contributed by atoms with Crippen molar-refractivity contribution in [3.63, 3.8) is 0 Å². The van der Waals surface area contributed by atoms with Crippen LogP contribution in [0.15, 0.2) is 36.4 Å². The first-order valence-corrected chi connectivity index (χ1v) is 12.6. The molecule has 0 aliphatic rings. The van der Waals surface area contributed by atoms with Gasteiger partial charge < -0.3 is 29.6 Å². The van der Waals surface area contributed by atoms with Crippen LogP contribution in [0.5, 0.6) is 11.5 Å². The summed E-state index contributed by atoms with van der Waals surface area (Å²) in [4.78, 5) is 50.4. The fourth-order valence-electron chi connectivity index (χ4n) is 3.18. The highest BCUT2D eigenvalue weighted by molar-refractivity contribution is 7.99. The molecule has 2 atom stereocenters. The van der Waals surface area contributed by atoms with Gasteiger partial charge in [0.1, 0.15) is 29.1 Å². The minimum absolute atomic E-state index is 0.00181. The van der Waals surface area contributed by atoms with Gasteiger partial charge in [-0.25, -0.2) is 9.59 Å². The molecule has 2 aromatic rings. The quantitative estimate of drug-likeness (QED) is 0.368. The van der Waals surface area contributed by atoms with Crippen molar-refractivity contribution in [2.75, 3.05) is 39.9 Å². The molecule has 2 aromatic carbocycles. The molecule has 200 valence electrons. The number of hydrogen-bond acceptors (Lipinski definition) is 9. The monoisotopic (exact) mass is 572 g/mol. The van der Waals surface area contributed by atoms with Gasteiger partial charge in [0.05, 0.1) is 44.0 Å². The lowest BCUT2D eigenvalue weighted by Crippen LogP contribution is -2.45. The van der Waals surface area contributed by atoms with Gasteiger partial charge in [-0.1, -0.05) is 35.3 Å². The molecule has 37 heavy (non-hydrogen) atoms.